The van der Waals surface area contributed by atoms with Crippen molar-refractivity contribution in [2.24, 2.45) is 5.92 Å². The number of anilines is 4. The second kappa shape index (κ2) is 16.4. The van der Waals surface area contributed by atoms with Crippen molar-refractivity contribution in [2.75, 3.05) is 50.0 Å². The number of pyridine rings is 2. The fourth-order valence-corrected chi connectivity index (χ4v) is 9.40. The van der Waals surface area contributed by atoms with Gasteiger partial charge in [0.15, 0.2) is 22.9 Å². The van der Waals surface area contributed by atoms with Gasteiger partial charge in [0.05, 0.1) is 55.7 Å². The van der Waals surface area contributed by atoms with Crippen molar-refractivity contribution >= 4 is 46.5 Å². The standard InChI is InChI=1S/C44H56N14O6/c1-43(2,3)63-41(59)53-9-7-8-27(19-53)29-15-33(39-45-25-47-57(39)22-29)50-37-18-35-38(62-13-11-56(35)52-37)31-14-28(20-54(21-31)42(60)64-44(4,5)6)30-16-34(40-46-26-48-58(40)23-30)49-36-17-32-24-61-12-10-55(32)51-36/h15-18,22-23,25-28,31,38H,7-14,19-21,24H2,1-6H3,(H,49,51)(H,50,52)/t27-,28+,31?,38?/m1/s1. The number of carbonyl (C=O) groups is 2. The number of ether oxygens (including phenoxy) is 4. The fraction of sp³-hybridized carbons (Fsp3) is 0.545. The zero-order chi connectivity index (χ0) is 44.3. The summed E-state index contributed by atoms with van der Waals surface area (Å²) in [6.07, 6.45) is 8.54. The maximum Gasteiger partial charge on any atom is 0.410 e. The Kier molecular flexibility index (Phi) is 10.7. The van der Waals surface area contributed by atoms with Gasteiger partial charge in [0.25, 0.3) is 0 Å². The Morgan fingerprint density at radius 3 is 2.00 bits per heavy atom. The molecule has 64 heavy (non-hydrogen) atoms. The van der Waals surface area contributed by atoms with Crippen molar-refractivity contribution in [1.29, 1.82) is 0 Å². The van der Waals surface area contributed by atoms with E-state index in [9.17, 15) is 9.59 Å². The van der Waals surface area contributed by atoms with Crippen molar-refractivity contribution in [3.8, 4) is 0 Å². The summed E-state index contributed by atoms with van der Waals surface area (Å²) in [5.41, 5.74) is 5.53. The van der Waals surface area contributed by atoms with E-state index in [0.717, 1.165) is 53.2 Å². The molecular weight excluding hydrogens is 821 g/mol. The van der Waals surface area contributed by atoms with Crippen LogP contribution in [0, 0.1) is 5.92 Å². The molecular formula is C44H56N14O6. The largest absolute Gasteiger partial charge is 0.444 e. The van der Waals surface area contributed by atoms with Crippen molar-refractivity contribution in [3.05, 3.63) is 71.8 Å². The van der Waals surface area contributed by atoms with Crippen molar-refractivity contribution in [2.45, 2.75) is 110 Å². The molecule has 2 N–H and O–H groups in total. The quantitative estimate of drug-likeness (QED) is 0.178. The summed E-state index contributed by atoms with van der Waals surface area (Å²) in [6, 6.07) is 8.22. The predicted octanol–water partition coefficient (Wildman–Crippen LogP) is 6.41. The van der Waals surface area contributed by atoms with Gasteiger partial charge in [0.2, 0.25) is 0 Å². The molecule has 10 heterocycles. The average molecular weight is 877 g/mol. The number of carbonyl (C=O) groups excluding carboxylic acids is 2. The van der Waals surface area contributed by atoms with Gasteiger partial charge in [-0.15, -0.1) is 0 Å². The SMILES string of the molecule is CC(C)(C)OC(=O)N1CCC[C@@H](c2cc(Nc3cc4n(n3)CCOC4C3C[C@H](c4cc(Nc5cc6n(n5)CCOC6)c5ncnn5c4)CN(C(=O)OC(C)(C)C)C3)c3ncnn3c2)C1. The van der Waals surface area contributed by atoms with Crippen LogP contribution in [0.4, 0.5) is 32.6 Å². The van der Waals surface area contributed by atoms with Crippen molar-refractivity contribution < 1.29 is 28.5 Å². The van der Waals surface area contributed by atoms with Crippen LogP contribution in [0.25, 0.3) is 11.3 Å². The van der Waals surface area contributed by atoms with Crippen LogP contribution in [0.2, 0.25) is 0 Å². The lowest BCUT2D eigenvalue weighted by atomic mass is 9.81. The Balaban J connectivity index is 0.929. The number of amides is 2. The molecule has 2 unspecified atom stereocenters. The van der Waals surface area contributed by atoms with Crippen molar-refractivity contribution in [1.82, 2.24) is 58.6 Å². The highest BCUT2D eigenvalue weighted by atomic mass is 16.6. The van der Waals surface area contributed by atoms with Gasteiger partial charge in [-0.2, -0.15) is 20.4 Å². The Morgan fingerprint density at radius 2 is 1.33 bits per heavy atom. The normalized spacial score (nSPS) is 21.7. The smallest absolute Gasteiger partial charge is 0.410 e. The second-order valence-corrected chi connectivity index (χ2v) is 19.3. The van der Waals surface area contributed by atoms with Gasteiger partial charge in [0, 0.05) is 68.5 Å². The summed E-state index contributed by atoms with van der Waals surface area (Å²) in [5, 5.41) is 25.9. The lowest BCUT2D eigenvalue weighted by Crippen LogP contribution is -2.47. The van der Waals surface area contributed by atoms with Crippen LogP contribution in [0.1, 0.15) is 101 Å². The maximum absolute atomic E-state index is 13.9. The van der Waals surface area contributed by atoms with E-state index in [1.54, 1.807) is 13.9 Å². The molecule has 0 saturated carbocycles. The van der Waals surface area contributed by atoms with E-state index < -0.39 is 11.2 Å². The first kappa shape index (κ1) is 41.7. The second-order valence-electron chi connectivity index (χ2n) is 19.3. The number of hydrogen-bond donors (Lipinski definition) is 2. The number of nitrogens with zero attached hydrogens (tertiary/aromatic N) is 12. The third-order valence-electron chi connectivity index (χ3n) is 12.2. The van der Waals surface area contributed by atoms with E-state index in [4.69, 9.17) is 29.1 Å². The van der Waals surface area contributed by atoms with Crippen LogP contribution in [0.15, 0.2) is 49.3 Å². The summed E-state index contributed by atoms with van der Waals surface area (Å²) in [6.45, 7) is 16.2. The molecule has 4 atom stereocenters. The summed E-state index contributed by atoms with van der Waals surface area (Å²) >= 11 is 0. The number of rotatable bonds is 7. The van der Waals surface area contributed by atoms with Crippen molar-refractivity contribution in [3.63, 3.8) is 0 Å². The maximum atomic E-state index is 13.9. The molecule has 20 heteroatoms. The molecule has 2 amide bonds. The predicted molar refractivity (Wildman–Crippen MR) is 234 cm³/mol. The molecule has 4 aliphatic rings. The van der Waals surface area contributed by atoms with Gasteiger partial charge in [-0.1, -0.05) is 0 Å². The minimum Gasteiger partial charge on any atom is -0.444 e. The zero-order valence-electron chi connectivity index (χ0n) is 37.2. The molecule has 0 aromatic carbocycles. The Labute approximate surface area is 370 Å². The van der Waals surface area contributed by atoms with Gasteiger partial charge in [-0.05, 0) is 84.1 Å². The first-order chi connectivity index (χ1) is 30.7. The number of nitrogens with one attached hydrogen (secondary N) is 2. The van der Waals surface area contributed by atoms with Gasteiger partial charge in [-0.25, -0.2) is 28.6 Å². The lowest BCUT2D eigenvalue weighted by molar-refractivity contribution is -0.0488. The van der Waals surface area contributed by atoms with E-state index in [2.05, 4.69) is 42.9 Å². The molecule has 0 bridgehead atoms. The summed E-state index contributed by atoms with van der Waals surface area (Å²) in [7, 11) is 0. The molecule has 338 valence electrons. The highest BCUT2D eigenvalue weighted by molar-refractivity contribution is 5.75. The average Bonchev–Trinajstić information content (AvgIpc) is 4.08. The zero-order valence-corrected chi connectivity index (χ0v) is 37.2. The van der Waals surface area contributed by atoms with E-state index >= 15 is 0 Å². The Morgan fingerprint density at radius 1 is 0.719 bits per heavy atom. The number of likely N-dealkylation sites (tertiary alicyclic amines) is 2. The van der Waals surface area contributed by atoms with Crippen LogP contribution in [-0.2, 0) is 38.6 Å². The third-order valence-corrected chi connectivity index (χ3v) is 12.2. The van der Waals surface area contributed by atoms with Crippen LogP contribution >= 0.6 is 0 Å². The van der Waals surface area contributed by atoms with Gasteiger partial charge in [-0.3, -0.25) is 9.36 Å². The first-order valence-electron chi connectivity index (χ1n) is 22.2. The molecule has 6 aromatic rings. The summed E-state index contributed by atoms with van der Waals surface area (Å²) in [5.74, 6) is 1.21. The molecule has 2 saturated heterocycles. The van der Waals surface area contributed by atoms with Crippen LogP contribution < -0.4 is 10.6 Å². The molecule has 2 fully saturated rings. The Bertz CT molecular complexity index is 2670. The molecule has 10 rings (SSSR count). The third kappa shape index (κ3) is 8.67. The monoisotopic (exact) mass is 876 g/mol. The molecule has 0 aliphatic carbocycles. The highest BCUT2D eigenvalue weighted by Gasteiger charge is 2.41. The van der Waals surface area contributed by atoms with E-state index in [0.29, 0.717) is 82.0 Å². The minimum atomic E-state index is -0.674. The fourth-order valence-electron chi connectivity index (χ4n) is 9.40. The number of fused-ring (bicyclic) bond motifs is 4. The number of piperidine rings is 2. The van der Waals surface area contributed by atoms with Gasteiger partial charge < -0.3 is 39.4 Å². The van der Waals surface area contributed by atoms with Gasteiger partial charge >= 0.3 is 12.2 Å². The molecule has 0 spiro atoms. The highest BCUT2D eigenvalue weighted by Crippen LogP contribution is 2.42. The van der Waals surface area contributed by atoms with E-state index in [1.807, 2.05) is 80.3 Å². The molecule has 4 aliphatic heterocycles. The first-order valence-corrected chi connectivity index (χ1v) is 22.2. The van der Waals surface area contributed by atoms with Gasteiger partial charge in [0.1, 0.15) is 30.0 Å². The minimum absolute atomic E-state index is 0.0823. The van der Waals surface area contributed by atoms with Crippen LogP contribution in [0.5, 0.6) is 0 Å². The molecule has 0 radical (unpaired) electrons. The summed E-state index contributed by atoms with van der Waals surface area (Å²) in [4.78, 5) is 39.7. The van der Waals surface area contributed by atoms with Crippen LogP contribution in [-0.4, -0.2) is 121 Å². The van der Waals surface area contributed by atoms with Crippen LogP contribution in [0.3, 0.4) is 0 Å². The van der Waals surface area contributed by atoms with E-state index in [1.165, 1.54) is 12.7 Å². The van der Waals surface area contributed by atoms with E-state index in [-0.39, 0.29) is 36.0 Å². The number of aromatic nitrogens is 10. The summed E-state index contributed by atoms with van der Waals surface area (Å²) < 4.78 is 31.5. The molecule has 20 nitrogen and oxygen atoms in total. The number of hydrogen-bond acceptors (Lipinski definition) is 14. The molecule has 6 aromatic heterocycles. The lowest BCUT2D eigenvalue weighted by Gasteiger charge is -2.42. The Hall–Kier alpha value is -6.28. The topological polar surface area (TPSA) is 198 Å².